The molecule has 0 aliphatic rings. The van der Waals surface area contributed by atoms with Crippen LogP contribution in [-0.2, 0) is 9.59 Å². The molecule has 0 bridgehead atoms. The van der Waals surface area contributed by atoms with Crippen LogP contribution in [0.4, 0.5) is 0 Å². The summed E-state index contributed by atoms with van der Waals surface area (Å²) in [5, 5.41) is 0. The first-order chi connectivity index (χ1) is 5.66. The van der Waals surface area contributed by atoms with Gasteiger partial charge < -0.3 is 0 Å². The Morgan fingerprint density at radius 1 is 1.33 bits per heavy atom. The minimum atomic E-state index is -0.0907. The lowest BCUT2D eigenvalue weighted by Gasteiger charge is -1.90. The molecular formula is C10H14O2. The van der Waals surface area contributed by atoms with Crippen LogP contribution in [0.2, 0.25) is 0 Å². The van der Waals surface area contributed by atoms with Crippen LogP contribution in [0.25, 0.3) is 0 Å². The van der Waals surface area contributed by atoms with E-state index in [1.165, 1.54) is 19.1 Å². The van der Waals surface area contributed by atoms with Crippen molar-refractivity contribution in [2.75, 3.05) is 0 Å². The summed E-state index contributed by atoms with van der Waals surface area (Å²) in [7, 11) is 0. The number of ketones is 2. The highest BCUT2D eigenvalue weighted by Crippen LogP contribution is 1.97. The highest BCUT2D eigenvalue weighted by atomic mass is 16.1. The molecule has 0 aliphatic heterocycles. The molecule has 0 saturated heterocycles. The zero-order chi connectivity index (χ0) is 9.40. The Kier molecular flexibility index (Phi) is 5.88. The number of hydrogen-bond acceptors (Lipinski definition) is 2. The molecule has 0 heterocycles. The average Bonchev–Trinajstić information content (AvgIpc) is 2.01. The van der Waals surface area contributed by atoms with Crippen molar-refractivity contribution in [1.29, 1.82) is 0 Å². The highest BCUT2D eigenvalue weighted by Gasteiger charge is 1.95. The molecule has 0 amide bonds. The Hall–Kier alpha value is -1.18. The summed E-state index contributed by atoms with van der Waals surface area (Å²) in [4.78, 5) is 21.4. The number of carbonyl (C=O) groups is 2. The molecule has 0 aromatic carbocycles. The van der Waals surface area contributed by atoms with E-state index in [1.54, 1.807) is 6.08 Å². The standard InChI is InChI=1S/C10H14O2/c1-3-4-5-6-10(12)8-7-9(2)11/h3,7-8H,1,4-6H2,2H3. The van der Waals surface area contributed by atoms with Crippen molar-refractivity contribution in [3.8, 4) is 0 Å². The predicted molar refractivity (Wildman–Crippen MR) is 48.9 cm³/mol. The summed E-state index contributed by atoms with van der Waals surface area (Å²) in [6, 6.07) is 0. The SMILES string of the molecule is C=CCCCC(=O)C=CC(C)=O. The maximum absolute atomic E-state index is 10.9. The largest absolute Gasteiger partial charge is 0.295 e. The first-order valence-electron chi connectivity index (χ1n) is 3.99. The second kappa shape index (κ2) is 6.53. The Morgan fingerprint density at radius 3 is 2.50 bits per heavy atom. The van der Waals surface area contributed by atoms with Crippen LogP contribution < -0.4 is 0 Å². The van der Waals surface area contributed by atoms with Crippen molar-refractivity contribution in [1.82, 2.24) is 0 Å². The molecule has 0 rings (SSSR count). The fraction of sp³-hybridized carbons (Fsp3) is 0.400. The molecule has 2 heteroatoms. The van der Waals surface area contributed by atoms with Crippen LogP contribution in [0.3, 0.4) is 0 Å². The summed E-state index contributed by atoms with van der Waals surface area (Å²) in [6.07, 6.45) is 6.57. The zero-order valence-electron chi connectivity index (χ0n) is 7.38. The molecule has 2 nitrogen and oxygen atoms in total. The zero-order valence-corrected chi connectivity index (χ0v) is 7.38. The molecular weight excluding hydrogens is 152 g/mol. The molecule has 66 valence electrons. The number of rotatable bonds is 6. The van der Waals surface area contributed by atoms with Crippen molar-refractivity contribution in [2.45, 2.75) is 26.2 Å². The van der Waals surface area contributed by atoms with Crippen LogP contribution >= 0.6 is 0 Å². The Labute approximate surface area is 73.0 Å². The van der Waals surface area contributed by atoms with E-state index in [0.29, 0.717) is 6.42 Å². The molecule has 0 N–H and O–H groups in total. The number of hydrogen-bond donors (Lipinski definition) is 0. The van der Waals surface area contributed by atoms with Crippen molar-refractivity contribution in [2.24, 2.45) is 0 Å². The lowest BCUT2D eigenvalue weighted by atomic mass is 10.1. The van der Waals surface area contributed by atoms with E-state index in [9.17, 15) is 9.59 Å². The molecule has 0 aromatic heterocycles. The summed E-state index contributed by atoms with van der Waals surface area (Å²) in [6.45, 7) is 4.97. The van der Waals surface area contributed by atoms with Crippen LogP contribution in [0, 0.1) is 0 Å². The average molecular weight is 166 g/mol. The third-order valence-electron chi connectivity index (χ3n) is 1.34. The van der Waals surface area contributed by atoms with Gasteiger partial charge in [-0.15, -0.1) is 6.58 Å². The molecule has 12 heavy (non-hydrogen) atoms. The van der Waals surface area contributed by atoms with Gasteiger partial charge >= 0.3 is 0 Å². The fourth-order valence-corrected chi connectivity index (χ4v) is 0.714. The van der Waals surface area contributed by atoms with Gasteiger partial charge in [-0.1, -0.05) is 6.08 Å². The molecule has 0 aromatic rings. The van der Waals surface area contributed by atoms with Gasteiger partial charge in [-0.3, -0.25) is 9.59 Å². The molecule has 0 saturated carbocycles. The predicted octanol–water partition coefficient (Wildman–Crippen LogP) is 2.06. The van der Waals surface area contributed by atoms with Gasteiger partial charge in [0, 0.05) is 6.42 Å². The molecule has 0 unspecified atom stereocenters. The van der Waals surface area contributed by atoms with Crippen molar-refractivity contribution in [3.05, 3.63) is 24.8 Å². The smallest absolute Gasteiger partial charge is 0.155 e. The number of allylic oxidation sites excluding steroid dienone is 3. The van der Waals surface area contributed by atoms with E-state index in [-0.39, 0.29) is 11.6 Å². The summed E-state index contributed by atoms with van der Waals surface area (Å²) < 4.78 is 0. The molecule has 0 atom stereocenters. The van der Waals surface area contributed by atoms with Crippen LogP contribution in [0.15, 0.2) is 24.8 Å². The van der Waals surface area contributed by atoms with E-state index in [4.69, 9.17) is 0 Å². The van der Waals surface area contributed by atoms with Gasteiger partial charge in [-0.2, -0.15) is 0 Å². The molecule has 0 spiro atoms. The maximum Gasteiger partial charge on any atom is 0.155 e. The van der Waals surface area contributed by atoms with Gasteiger partial charge in [0.05, 0.1) is 0 Å². The Balaban J connectivity index is 3.59. The summed E-state index contributed by atoms with van der Waals surface area (Å²) in [5.74, 6) is -0.0841. The second-order valence-corrected chi connectivity index (χ2v) is 2.59. The Morgan fingerprint density at radius 2 is 2.00 bits per heavy atom. The highest BCUT2D eigenvalue weighted by molar-refractivity contribution is 5.97. The summed E-state index contributed by atoms with van der Waals surface area (Å²) in [5.41, 5.74) is 0. The van der Waals surface area contributed by atoms with E-state index in [2.05, 4.69) is 6.58 Å². The van der Waals surface area contributed by atoms with E-state index in [1.807, 2.05) is 0 Å². The monoisotopic (exact) mass is 166 g/mol. The number of unbranched alkanes of at least 4 members (excludes halogenated alkanes) is 1. The molecule has 0 radical (unpaired) electrons. The van der Waals surface area contributed by atoms with E-state index < -0.39 is 0 Å². The molecule has 0 aliphatic carbocycles. The van der Waals surface area contributed by atoms with Gasteiger partial charge in [0.25, 0.3) is 0 Å². The van der Waals surface area contributed by atoms with Gasteiger partial charge in [-0.25, -0.2) is 0 Å². The topological polar surface area (TPSA) is 34.1 Å². The van der Waals surface area contributed by atoms with Crippen LogP contribution in [0.1, 0.15) is 26.2 Å². The molecule has 0 fully saturated rings. The lowest BCUT2D eigenvalue weighted by Crippen LogP contribution is -1.93. The van der Waals surface area contributed by atoms with Gasteiger partial charge in [-0.05, 0) is 31.9 Å². The maximum atomic E-state index is 10.9. The first-order valence-corrected chi connectivity index (χ1v) is 3.99. The van der Waals surface area contributed by atoms with Gasteiger partial charge in [0.1, 0.15) is 0 Å². The summed E-state index contributed by atoms with van der Waals surface area (Å²) >= 11 is 0. The van der Waals surface area contributed by atoms with Gasteiger partial charge in [0.2, 0.25) is 0 Å². The lowest BCUT2D eigenvalue weighted by molar-refractivity contribution is -0.116. The third-order valence-corrected chi connectivity index (χ3v) is 1.34. The quantitative estimate of drug-likeness (QED) is 0.344. The first kappa shape index (κ1) is 10.8. The third kappa shape index (κ3) is 6.93. The van der Waals surface area contributed by atoms with Crippen molar-refractivity contribution >= 4 is 11.6 Å². The van der Waals surface area contributed by atoms with E-state index >= 15 is 0 Å². The van der Waals surface area contributed by atoms with Crippen molar-refractivity contribution < 1.29 is 9.59 Å². The number of carbonyl (C=O) groups excluding carboxylic acids is 2. The normalized spacial score (nSPS) is 10.1. The Bertz CT molecular complexity index is 202. The second-order valence-electron chi connectivity index (χ2n) is 2.59. The van der Waals surface area contributed by atoms with Crippen molar-refractivity contribution in [3.63, 3.8) is 0 Å². The minimum absolute atomic E-state index is 0.00653. The van der Waals surface area contributed by atoms with E-state index in [0.717, 1.165) is 12.8 Å². The minimum Gasteiger partial charge on any atom is -0.295 e. The fourth-order valence-electron chi connectivity index (χ4n) is 0.714. The van der Waals surface area contributed by atoms with Crippen LogP contribution in [-0.4, -0.2) is 11.6 Å². The van der Waals surface area contributed by atoms with Gasteiger partial charge in [0.15, 0.2) is 11.6 Å². The van der Waals surface area contributed by atoms with Crippen LogP contribution in [0.5, 0.6) is 0 Å².